The molecule has 0 bridgehead atoms. The van der Waals surface area contributed by atoms with Crippen molar-refractivity contribution in [1.82, 2.24) is 0 Å². The van der Waals surface area contributed by atoms with E-state index in [0.717, 1.165) is 24.2 Å². The smallest absolute Gasteiger partial charge is 0.122 e. The number of rotatable bonds is 6. The van der Waals surface area contributed by atoms with Crippen LogP contribution in [0.5, 0.6) is 5.75 Å². The molecular formula is C17H19Cl2NO. The summed E-state index contributed by atoms with van der Waals surface area (Å²) in [6.07, 6.45) is 1.74. The molecule has 2 aromatic rings. The van der Waals surface area contributed by atoms with E-state index in [1.165, 1.54) is 5.56 Å². The fourth-order valence-corrected chi connectivity index (χ4v) is 2.74. The Morgan fingerprint density at radius 1 is 1.05 bits per heavy atom. The zero-order valence-corrected chi connectivity index (χ0v) is 13.5. The number of ether oxygens (including phenoxy) is 1. The molecule has 0 saturated heterocycles. The van der Waals surface area contributed by atoms with Gasteiger partial charge in [-0.3, -0.25) is 0 Å². The lowest BCUT2D eigenvalue weighted by molar-refractivity contribution is 0.404. The first-order valence-electron chi connectivity index (χ1n) is 6.90. The highest BCUT2D eigenvalue weighted by Crippen LogP contribution is 2.26. The van der Waals surface area contributed by atoms with Crippen LogP contribution in [-0.2, 0) is 12.8 Å². The lowest BCUT2D eigenvalue weighted by Gasteiger charge is -2.17. The van der Waals surface area contributed by atoms with Gasteiger partial charge < -0.3 is 10.5 Å². The Bertz CT molecular complexity index is 601. The van der Waals surface area contributed by atoms with Crippen molar-refractivity contribution in [2.75, 3.05) is 13.7 Å². The quantitative estimate of drug-likeness (QED) is 0.857. The highest BCUT2D eigenvalue weighted by molar-refractivity contribution is 6.42. The van der Waals surface area contributed by atoms with Crippen LogP contribution in [0.15, 0.2) is 42.5 Å². The molecule has 2 nitrogen and oxygen atoms in total. The topological polar surface area (TPSA) is 35.2 Å². The lowest BCUT2D eigenvalue weighted by atomic mass is 9.92. The lowest BCUT2D eigenvalue weighted by Crippen LogP contribution is -2.19. The van der Waals surface area contributed by atoms with E-state index in [4.69, 9.17) is 33.7 Å². The molecule has 112 valence electrons. The third-order valence-electron chi connectivity index (χ3n) is 3.54. The maximum atomic E-state index is 6.07. The van der Waals surface area contributed by atoms with Crippen molar-refractivity contribution in [1.29, 1.82) is 0 Å². The van der Waals surface area contributed by atoms with Crippen molar-refractivity contribution < 1.29 is 4.74 Å². The second-order valence-electron chi connectivity index (χ2n) is 5.07. The minimum atomic E-state index is 0.332. The standard InChI is InChI=1S/C17H19Cl2NO/c1-21-17-5-3-2-4-14(17)9-13(11-20)8-12-6-7-15(18)16(19)10-12/h2-7,10,13H,8-9,11,20H2,1H3. The molecule has 1 unspecified atom stereocenters. The van der Waals surface area contributed by atoms with E-state index in [1.54, 1.807) is 7.11 Å². The predicted molar refractivity (Wildman–Crippen MR) is 89.4 cm³/mol. The number of halogens is 2. The molecule has 0 amide bonds. The van der Waals surface area contributed by atoms with Crippen molar-refractivity contribution in [2.45, 2.75) is 12.8 Å². The third kappa shape index (κ3) is 4.37. The van der Waals surface area contributed by atoms with Crippen LogP contribution in [0.25, 0.3) is 0 Å². The molecule has 21 heavy (non-hydrogen) atoms. The molecular weight excluding hydrogens is 305 g/mol. The minimum Gasteiger partial charge on any atom is -0.496 e. The average molecular weight is 324 g/mol. The Morgan fingerprint density at radius 3 is 2.48 bits per heavy atom. The zero-order valence-electron chi connectivity index (χ0n) is 12.0. The molecule has 0 aromatic heterocycles. The van der Waals surface area contributed by atoms with Crippen LogP contribution in [0.1, 0.15) is 11.1 Å². The summed E-state index contributed by atoms with van der Waals surface area (Å²) < 4.78 is 5.40. The van der Waals surface area contributed by atoms with Crippen LogP contribution in [0.4, 0.5) is 0 Å². The van der Waals surface area contributed by atoms with Crippen molar-refractivity contribution in [2.24, 2.45) is 11.7 Å². The second-order valence-corrected chi connectivity index (χ2v) is 5.88. The van der Waals surface area contributed by atoms with Crippen molar-refractivity contribution in [3.05, 3.63) is 63.6 Å². The summed E-state index contributed by atoms with van der Waals surface area (Å²) in [5.74, 6) is 1.24. The van der Waals surface area contributed by atoms with Gasteiger partial charge in [-0.05, 0) is 54.6 Å². The molecule has 0 spiro atoms. The molecule has 0 aliphatic carbocycles. The van der Waals surface area contributed by atoms with E-state index >= 15 is 0 Å². The minimum absolute atomic E-state index is 0.332. The molecule has 0 radical (unpaired) electrons. The van der Waals surface area contributed by atoms with Crippen molar-refractivity contribution >= 4 is 23.2 Å². The average Bonchev–Trinajstić information content (AvgIpc) is 2.50. The molecule has 0 aliphatic heterocycles. The van der Waals surface area contributed by atoms with Gasteiger partial charge in [0.05, 0.1) is 17.2 Å². The first kappa shape index (κ1) is 16.2. The Labute approximate surface area is 135 Å². The molecule has 4 heteroatoms. The van der Waals surface area contributed by atoms with Gasteiger partial charge in [0.1, 0.15) is 5.75 Å². The molecule has 0 heterocycles. The van der Waals surface area contributed by atoms with Crippen molar-refractivity contribution in [3.8, 4) is 5.75 Å². The van der Waals surface area contributed by atoms with Gasteiger partial charge in [0.15, 0.2) is 0 Å². The Hall–Kier alpha value is -1.22. The fraction of sp³-hybridized carbons (Fsp3) is 0.294. The molecule has 2 aromatic carbocycles. The summed E-state index contributed by atoms with van der Waals surface area (Å²) in [4.78, 5) is 0. The van der Waals surface area contributed by atoms with E-state index in [-0.39, 0.29) is 0 Å². The predicted octanol–water partition coefficient (Wildman–Crippen LogP) is 4.36. The Kier molecular flexibility index (Phi) is 5.92. The summed E-state index contributed by atoms with van der Waals surface area (Å²) in [6, 6.07) is 13.8. The number of nitrogens with two attached hydrogens (primary N) is 1. The summed E-state index contributed by atoms with van der Waals surface area (Å²) in [7, 11) is 1.69. The van der Waals surface area contributed by atoms with Crippen LogP contribution in [0.2, 0.25) is 10.0 Å². The summed E-state index contributed by atoms with van der Waals surface area (Å²) in [6.45, 7) is 0.609. The van der Waals surface area contributed by atoms with Gasteiger partial charge in [-0.1, -0.05) is 47.5 Å². The first-order valence-corrected chi connectivity index (χ1v) is 7.65. The van der Waals surface area contributed by atoms with Gasteiger partial charge in [-0.15, -0.1) is 0 Å². The van der Waals surface area contributed by atoms with E-state index < -0.39 is 0 Å². The van der Waals surface area contributed by atoms with Crippen LogP contribution in [-0.4, -0.2) is 13.7 Å². The van der Waals surface area contributed by atoms with E-state index in [1.807, 2.05) is 36.4 Å². The van der Waals surface area contributed by atoms with Gasteiger partial charge >= 0.3 is 0 Å². The highest BCUT2D eigenvalue weighted by atomic mass is 35.5. The number of hydrogen-bond donors (Lipinski definition) is 1. The van der Waals surface area contributed by atoms with Crippen LogP contribution < -0.4 is 10.5 Å². The SMILES string of the molecule is COc1ccccc1CC(CN)Cc1ccc(Cl)c(Cl)c1. The third-order valence-corrected chi connectivity index (χ3v) is 4.28. The molecule has 0 saturated carbocycles. The van der Waals surface area contributed by atoms with E-state index in [9.17, 15) is 0 Å². The summed E-state index contributed by atoms with van der Waals surface area (Å²) in [5, 5.41) is 1.16. The van der Waals surface area contributed by atoms with Gasteiger partial charge in [0, 0.05) is 0 Å². The molecule has 2 N–H and O–H groups in total. The second kappa shape index (κ2) is 7.69. The van der Waals surface area contributed by atoms with Gasteiger partial charge in [-0.2, -0.15) is 0 Å². The summed E-state index contributed by atoms with van der Waals surface area (Å²) in [5.41, 5.74) is 8.25. The molecule has 0 aliphatic rings. The van der Waals surface area contributed by atoms with E-state index in [0.29, 0.717) is 22.5 Å². The van der Waals surface area contributed by atoms with Gasteiger partial charge in [0.25, 0.3) is 0 Å². The number of benzene rings is 2. The van der Waals surface area contributed by atoms with Crippen molar-refractivity contribution in [3.63, 3.8) is 0 Å². The number of methoxy groups -OCH3 is 1. The fourth-order valence-electron chi connectivity index (χ4n) is 2.42. The molecule has 1 atom stereocenters. The normalized spacial score (nSPS) is 12.2. The maximum absolute atomic E-state index is 6.07. The first-order chi connectivity index (χ1) is 10.1. The summed E-state index contributed by atoms with van der Waals surface area (Å²) >= 11 is 12.0. The van der Waals surface area contributed by atoms with Crippen LogP contribution in [0.3, 0.4) is 0 Å². The largest absolute Gasteiger partial charge is 0.496 e. The monoisotopic (exact) mass is 323 g/mol. The Morgan fingerprint density at radius 2 is 1.81 bits per heavy atom. The van der Waals surface area contributed by atoms with Crippen LogP contribution >= 0.6 is 23.2 Å². The maximum Gasteiger partial charge on any atom is 0.122 e. The number of hydrogen-bond acceptors (Lipinski definition) is 2. The van der Waals surface area contributed by atoms with E-state index in [2.05, 4.69) is 6.07 Å². The van der Waals surface area contributed by atoms with Gasteiger partial charge in [-0.25, -0.2) is 0 Å². The highest BCUT2D eigenvalue weighted by Gasteiger charge is 2.12. The van der Waals surface area contributed by atoms with Crippen LogP contribution in [0, 0.1) is 5.92 Å². The number of para-hydroxylation sites is 1. The Balaban J connectivity index is 2.11. The zero-order chi connectivity index (χ0) is 15.2. The molecule has 2 rings (SSSR count). The molecule has 0 fully saturated rings. The van der Waals surface area contributed by atoms with Gasteiger partial charge in [0.2, 0.25) is 0 Å².